The van der Waals surface area contributed by atoms with Gasteiger partial charge in [0, 0.05) is 74.8 Å². The number of aromatic nitrogens is 2. The summed E-state index contributed by atoms with van der Waals surface area (Å²) in [5.74, 6) is -2.44. The molecule has 15 heteroatoms. The van der Waals surface area contributed by atoms with Crippen LogP contribution in [0.25, 0.3) is 33.3 Å². The summed E-state index contributed by atoms with van der Waals surface area (Å²) in [5.41, 5.74) is 9.80. The highest BCUT2D eigenvalue weighted by molar-refractivity contribution is 5.96. The molecule has 1 unspecified atom stereocenters. The maximum atomic E-state index is 14.8. The number of benzene rings is 2. The van der Waals surface area contributed by atoms with Crippen molar-refractivity contribution in [3.05, 3.63) is 84.2 Å². The first kappa shape index (κ1) is 48.4. The lowest BCUT2D eigenvalue weighted by atomic mass is 9.84. The molecule has 2 aromatic heterocycles. The zero-order chi connectivity index (χ0) is 48.6. The highest BCUT2D eigenvalue weighted by Gasteiger charge is 2.41. The minimum Gasteiger partial charge on any atom is -0.508 e. The SMILES string of the molecule is C=CC(=O)N1CC[C@H](C(=O)N(C)C(C(=O)N[C@H]2Cc3cc(O)cc(c3)-c3ccc4c(c3)c(c(-c3cccnc3[C@@H](OC)C3CC3)n4CC)CC(C)(C)COC(=O)[C@@H]3CCCN(N3)C2=O)C(C)C)C1. The highest BCUT2D eigenvalue weighted by atomic mass is 16.5. The number of hydrazine groups is 1. The van der Waals surface area contributed by atoms with Gasteiger partial charge in [0.05, 0.1) is 23.9 Å². The van der Waals surface area contributed by atoms with Crippen molar-refractivity contribution in [1.29, 1.82) is 0 Å². The first-order valence-electron chi connectivity index (χ1n) is 24.2. The van der Waals surface area contributed by atoms with E-state index in [1.165, 1.54) is 16.0 Å². The van der Waals surface area contributed by atoms with E-state index >= 15 is 0 Å². The second-order valence-electron chi connectivity index (χ2n) is 20.3. The van der Waals surface area contributed by atoms with Gasteiger partial charge in [-0.2, -0.15) is 0 Å². The zero-order valence-corrected chi connectivity index (χ0v) is 40.5. The summed E-state index contributed by atoms with van der Waals surface area (Å²) < 4.78 is 14.6. The first-order valence-corrected chi connectivity index (χ1v) is 24.2. The van der Waals surface area contributed by atoms with Gasteiger partial charge >= 0.3 is 5.97 Å². The number of phenols is 1. The van der Waals surface area contributed by atoms with Gasteiger partial charge < -0.3 is 34.3 Å². The van der Waals surface area contributed by atoms with Gasteiger partial charge in [0.2, 0.25) is 17.7 Å². The number of hydrogen-bond donors (Lipinski definition) is 3. The minimum atomic E-state index is -1.16. The van der Waals surface area contributed by atoms with E-state index < -0.39 is 47.2 Å². The number of carbonyl (C=O) groups excluding carboxylic acids is 5. The van der Waals surface area contributed by atoms with Crippen LogP contribution in [0.3, 0.4) is 0 Å². The number of aromatic hydroxyl groups is 1. The molecule has 5 atom stereocenters. The lowest BCUT2D eigenvalue weighted by Gasteiger charge is -2.37. The van der Waals surface area contributed by atoms with Gasteiger partial charge in [0.15, 0.2) is 0 Å². The van der Waals surface area contributed by atoms with E-state index in [9.17, 15) is 29.1 Å². The molecule has 0 radical (unpaired) electrons. The highest BCUT2D eigenvalue weighted by Crippen LogP contribution is 2.47. The number of cyclic esters (lactones) is 1. The average molecular weight is 930 g/mol. The lowest BCUT2D eigenvalue weighted by molar-refractivity contribution is -0.155. The van der Waals surface area contributed by atoms with Crippen LogP contribution < -0.4 is 10.7 Å². The summed E-state index contributed by atoms with van der Waals surface area (Å²) in [6, 6.07) is 12.7. The molecule has 2 aromatic carbocycles. The number of amides is 4. The molecule has 68 heavy (non-hydrogen) atoms. The normalized spacial score (nSPS) is 21.8. The van der Waals surface area contributed by atoms with Crippen LogP contribution in [0.5, 0.6) is 5.75 Å². The number of rotatable bonds is 11. The maximum absolute atomic E-state index is 14.8. The lowest BCUT2D eigenvalue weighted by Crippen LogP contribution is -2.62. The van der Waals surface area contributed by atoms with Crippen LogP contribution in [-0.4, -0.2) is 118 Å². The largest absolute Gasteiger partial charge is 0.508 e. The van der Waals surface area contributed by atoms with Crippen molar-refractivity contribution in [3.63, 3.8) is 0 Å². The number of aryl methyl sites for hydroxylation is 1. The van der Waals surface area contributed by atoms with Crippen LogP contribution in [0.2, 0.25) is 0 Å². The second-order valence-corrected chi connectivity index (χ2v) is 20.3. The molecule has 0 spiro atoms. The van der Waals surface area contributed by atoms with Gasteiger partial charge in [-0.1, -0.05) is 46.4 Å². The number of nitrogens with one attached hydrogen (secondary N) is 2. The van der Waals surface area contributed by atoms with Crippen LogP contribution in [0.1, 0.15) is 89.6 Å². The molecule has 4 aromatic rings. The Bertz CT molecular complexity index is 2600. The number of nitrogens with zero attached hydrogens (tertiary/aromatic N) is 5. The molecule has 5 heterocycles. The third-order valence-corrected chi connectivity index (χ3v) is 14.2. The minimum absolute atomic E-state index is 0.00627. The Morgan fingerprint density at radius 3 is 2.56 bits per heavy atom. The Labute approximate surface area is 399 Å². The number of hydrogen-bond acceptors (Lipinski definition) is 10. The smallest absolute Gasteiger partial charge is 0.324 e. The van der Waals surface area contributed by atoms with Crippen molar-refractivity contribution in [3.8, 4) is 28.1 Å². The molecule has 6 bridgehead atoms. The van der Waals surface area contributed by atoms with Gasteiger partial charge in [-0.25, -0.2) is 5.43 Å². The summed E-state index contributed by atoms with van der Waals surface area (Å²) in [6.07, 6.45) is 7.02. The molecule has 362 valence electrons. The third-order valence-electron chi connectivity index (χ3n) is 14.2. The number of pyridine rings is 1. The van der Waals surface area contributed by atoms with E-state index in [1.54, 1.807) is 31.2 Å². The van der Waals surface area contributed by atoms with Crippen LogP contribution in [-0.2, 0) is 52.8 Å². The molecule has 15 nitrogen and oxygen atoms in total. The fourth-order valence-electron chi connectivity index (χ4n) is 10.7. The maximum Gasteiger partial charge on any atom is 0.324 e. The molecule has 3 aliphatic heterocycles. The summed E-state index contributed by atoms with van der Waals surface area (Å²) in [5, 5.41) is 16.8. The standard InChI is InChI=1S/C53H67N7O8/c1-9-44(62)58-22-19-35(29-58)50(64)57(7)46(31(3)4)49(63)55-42-25-32-23-36(26-37(61)24-32)34-17-18-43-39(27-34)40(28-53(5,6)30-68-52(66)41-14-12-21-60(56-41)51(42)65)47(59(43)10-2)38-13-11-20-54-45(38)48(67-8)33-15-16-33/h9,11,13,17-18,20,23-24,26-27,31,33,35,41-42,46,48,56,61H,1,10,12,14-16,19,21-22,25,28-30H2,2-8H3,(H,55,63)/t35-,41-,42-,46?,48-/m0/s1. The number of esters is 1. The van der Waals surface area contributed by atoms with Gasteiger partial charge in [0.1, 0.15) is 30.0 Å². The number of carbonyl (C=O) groups is 5. The number of phenolic OH excluding ortho intramolecular Hbond substituents is 1. The van der Waals surface area contributed by atoms with Crippen LogP contribution >= 0.6 is 0 Å². The Morgan fingerprint density at radius 2 is 1.85 bits per heavy atom. The predicted octanol–water partition coefficient (Wildman–Crippen LogP) is 6.36. The van der Waals surface area contributed by atoms with E-state index in [2.05, 4.69) is 60.9 Å². The zero-order valence-electron chi connectivity index (χ0n) is 40.5. The second kappa shape index (κ2) is 19.9. The van der Waals surface area contributed by atoms with E-state index in [4.69, 9.17) is 14.5 Å². The third kappa shape index (κ3) is 9.91. The number of ether oxygens (including phenoxy) is 2. The molecule has 3 N–H and O–H groups in total. The monoisotopic (exact) mass is 930 g/mol. The van der Waals surface area contributed by atoms with Crippen LogP contribution in [0.15, 0.2) is 67.4 Å². The van der Waals surface area contributed by atoms with E-state index in [0.717, 1.165) is 57.4 Å². The summed E-state index contributed by atoms with van der Waals surface area (Å²) >= 11 is 0. The fraction of sp³-hybridized carbons (Fsp3) is 0.509. The quantitative estimate of drug-likeness (QED) is 0.113. The number of fused-ring (bicyclic) bond motifs is 6. The molecular weight excluding hydrogens is 863 g/mol. The van der Waals surface area contributed by atoms with Gasteiger partial charge in [0.25, 0.3) is 5.91 Å². The molecule has 2 saturated heterocycles. The van der Waals surface area contributed by atoms with Gasteiger partial charge in [-0.05, 0) is 122 Å². The van der Waals surface area contributed by atoms with E-state index in [0.29, 0.717) is 50.3 Å². The molecule has 3 fully saturated rings. The topological polar surface area (TPSA) is 176 Å². The van der Waals surface area contributed by atoms with Crippen LogP contribution in [0.4, 0.5) is 0 Å². The Morgan fingerprint density at radius 1 is 1.07 bits per heavy atom. The number of likely N-dealkylation sites (tertiary alicyclic amines) is 1. The predicted molar refractivity (Wildman–Crippen MR) is 259 cm³/mol. The summed E-state index contributed by atoms with van der Waals surface area (Å²) in [4.78, 5) is 77.5. The van der Waals surface area contributed by atoms with Crippen LogP contribution in [0, 0.1) is 23.2 Å². The van der Waals surface area contributed by atoms with Crippen molar-refractivity contribution in [2.45, 2.75) is 110 Å². The van der Waals surface area contributed by atoms with E-state index in [1.807, 2.05) is 38.2 Å². The van der Waals surface area contributed by atoms with Gasteiger partial charge in [-0.15, -0.1) is 0 Å². The fourth-order valence-corrected chi connectivity index (χ4v) is 10.7. The summed E-state index contributed by atoms with van der Waals surface area (Å²) in [7, 11) is 3.34. The molecule has 1 saturated carbocycles. The Hall–Kier alpha value is -6.06. The molecule has 1 aliphatic carbocycles. The van der Waals surface area contributed by atoms with Crippen molar-refractivity contribution in [2.75, 3.05) is 40.4 Å². The van der Waals surface area contributed by atoms with Crippen molar-refractivity contribution < 1.29 is 38.6 Å². The molecule has 4 amide bonds. The Kier molecular flexibility index (Phi) is 14.2. The average Bonchev–Trinajstić information content (AvgIpc) is 3.95. The molecular formula is C53H67N7O8. The first-order chi connectivity index (χ1) is 32.5. The van der Waals surface area contributed by atoms with Crippen molar-refractivity contribution >= 4 is 40.5 Å². The van der Waals surface area contributed by atoms with Crippen molar-refractivity contribution in [2.24, 2.45) is 23.2 Å². The molecule has 4 aliphatic rings. The summed E-state index contributed by atoms with van der Waals surface area (Å²) in [6.45, 7) is 15.3. The number of likely N-dealkylation sites (N-methyl/N-ethyl adjacent to an activating group) is 1. The Balaban J connectivity index is 1.20. The van der Waals surface area contributed by atoms with E-state index in [-0.39, 0.29) is 55.7 Å². The molecule has 8 rings (SSSR count). The van der Waals surface area contributed by atoms with Crippen molar-refractivity contribution in [1.82, 2.24) is 35.1 Å². The number of methoxy groups -OCH3 is 1. The van der Waals surface area contributed by atoms with Gasteiger partial charge in [-0.3, -0.25) is 34.0 Å².